The Kier molecular flexibility index (Phi) is 4.66. The molecule has 2 fully saturated rings. The van der Waals surface area contributed by atoms with E-state index in [1.165, 1.54) is 18.2 Å². The monoisotopic (exact) mass is 329 g/mol. The highest BCUT2D eigenvalue weighted by Gasteiger charge is 2.43. The van der Waals surface area contributed by atoms with Gasteiger partial charge < -0.3 is 5.32 Å². The van der Waals surface area contributed by atoms with E-state index >= 15 is 0 Å². The molecule has 0 bridgehead atoms. The molecular formula is C18H23N3O3. The van der Waals surface area contributed by atoms with Crippen molar-refractivity contribution in [3.05, 3.63) is 24.3 Å². The number of rotatable bonds is 3. The highest BCUT2D eigenvalue weighted by atomic mass is 16.2. The van der Waals surface area contributed by atoms with Gasteiger partial charge >= 0.3 is 0 Å². The molecule has 2 aliphatic heterocycles. The molecule has 0 radical (unpaired) electrons. The average Bonchev–Trinajstić information content (AvgIpc) is 2.83. The minimum Gasteiger partial charge on any atom is -0.326 e. The number of carbonyl (C=O) groups excluding carboxylic acids is 3. The summed E-state index contributed by atoms with van der Waals surface area (Å²) in [7, 11) is 0. The van der Waals surface area contributed by atoms with E-state index in [4.69, 9.17) is 0 Å². The maximum absolute atomic E-state index is 12.8. The van der Waals surface area contributed by atoms with E-state index in [9.17, 15) is 14.4 Å². The van der Waals surface area contributed by atoms with Gasteiger partial charge in [-0.1, -0.05) is 6.92 Å². The Labute approximate surface area is 141 Å². The van der Waals surface area contributed by atoms with Gasteiger partial charge in [-0.25, -0.2) is 4.90 Å². The first-order valence-electron chi connectivity index (χ1n) is 8.44. The summed E-state index contributed by atoms with van der Waals surface area (Å²) in [5, 5.41) is 2.67. The van der Waals surface area contributed by atoms with Crippen molar-refractivity contribution < 1.29 is 14.4 Å². The van der Waals surface area contributed by atoms with Crippen molar-refractivity contribution in [2.75, 3.05) is 23.3 Å². The molecule has 1 aromatic rings. The van der Waals surface area contributed by atoms with Gasteiger partial charge in [0.15, 0.2) is 0 Å². The van der Waals surface area contributed by atoms with Crippen molar-refractivity contribution in [3.63, 3.8) is 0 Å². The largest absolute Gasteiger partial charge is 0.326 e. The summed E-state index contributed by atoms with van der Waals surface area (Å²) >= 11 is 0. The van der Waals surface area contributed by atoms with Crippen molar-refractivity contribution in [2.45, 2.75) is 39.2 Å². The van der Waals surface area contributed by atoms with E-state index in [-0.39, 0.29) is 30.2 Å². The molecule has 2 atom stereocenters. The summed E-state index contributed by atoms with van der Waals surface area (Å²) in [6.45, 7) is 5.37. The molecule has 0 aliphatic carbocycles. The first-order valence-corrected chi connectivity index (χ1v) is 8.44. The zero-order chi connectivity index (χ0) is 17.3. The van der Waals surface area contributed by atoms with Gasteiger partial charge in [0.05, 0.1) is 18.2 Å². The molecule has 1 aromatic carbocycles. The summed E-state index contributed by atoms with van der Waals surface area (Å²) in [5.74, 6) is 0.111. The van der Waals surface area contributed by atoms with Crippen molar-refractivity contribution in [2.24, 2.45) is 5.92 Å². The van der Waals surface area contributed by atoms with E-state index in [0.29, 0.717) is 17.3 Å². The fraction of sp³-hybridized carbons (Fsp3) is 0.500. The van der Waals surface area contributed by atoms with E-state index in [2.05, 4.69) is 17.1 Å². The number of likely N-dealkylation sites (tertiary alicyclic amines) is 1. The SMILES string of the molecule is CC(=O)Nc1ccc(N2C(=O)C[C@@H](N3CCC[C@@H](C)C3)C2=O)cc1. The van der Waals surface area contributed by atoms with Crippen LogP contribution in [0.4, 0.5) is 11.4 Å². The fourth-order valence-corrected chi connectivity index (χ4v) is 3.58. The number of nitrogens with one attached hydrogen (secondary N) is 1. The summed E-state index contributed by atoms with van der Waals surface area (Å²) < 4.78 is 0. The zero-order valence-corrected chi connectivity index (χ0v) is 14.1. The first kappa shape index (κ1) is 16.6. The third kappa shape index (κ3) is 3.33. The van der Waals surface area contributed by atoms with Crippen LogP contribution in [0.2, 0.25) is 0 Å². The van der Waals surface area contributed by atoms with Gasteiger partial charge in [-0.2, -0.15) is 0 Å². The molecule has 24 heavy (non-hydrogen) atoms. The topological polar surface area (TPSA) is 69.7 Å². The van der Waals surface area contributed by atoms with Crippen LogP contribution in [0.1, 0.15) is 33.1 Å². The number of benzene rings is 1. The smallest absolute Gasteiger partial charge is 0.251 e. The van der Waals surface area contributed by atoms with E-state index in [1.807, 2.05) is 0 Å². The predicted molar refractivity (Wildman–Crippen MR) is 91.6 cm³/mol. The molecule has 2 heterocycles. The molecule has 3 amide bonds. The van der Waals surface area contributed by atoms with Gasteiger partial charge in [0.2, 0.25) is 11.8 Å². The van der Waals surface area contributed by atoms with Crippen molar-refractivity contribution >= 4 is 29.1 Å². The quantitative estimate of drug-likeness (QED) is 0.861. The van der Waals surface area contributed by atoms with E-state index < -0.39 is 0 Å². The van der Waals surface area contributed by atoms with Crippen LogP contribution in [0.3, 0.4) is 0 Å². The molecule has 0 saturated carbocycles. The molecule has 0 unspecified atom stereocenters. The molecule has 6 nitrogen and oxygen atoms in total. The molecule has 1 N–H and O–H groups in total. The molecule has 0 aromatic heterocycles. The fourth-order valence-electron chi connectivity index (χ4n) is 3.58. The van der Waals surface area contributed by atoms with Crippen molar-refractivity contribution in [1.82, 2.24) is 4.90 Å². The zero-order valence-electron chi connectivity index (χ0n) is 14.1. The maximum Gasteiger partial charge on any atom is 0.251 e. The number of amides is 3. The van der Waals surface area contributed by atoms with Crippen molar-refractivity contribution in [3.8, 4) is 0 Å². The second-order valence-corrected chi connectivity index (χ2v) is 6.76. The van der Waals surface area contributed by atoms with Gasteiger partial charge in [0, 0.05) is 19.2 Å². The van der Waals surface area contributed by atoms with Crippen molar-refractivity contribution in [1.29, 1.82) is 0 Å². The lowest BCUT2D eigenvalue weighted by Gasteiger charge is -2.34. The third-order valence-electron chi connectivity index (χ3n) is 4.70. The van der Waals surface area contributed by atoms with Crippen LogP contribution in [0.25, 0.3) is 0 Å². The van der Waals surface area contributed by atoms with E-state index in [1.54, 1.807) is 24.3 Å². The molecule has 0 spiro atoms. The van der Waals surface area contributed by atoms with Crippen LogP contribution >= 0.6 is 0 Å². The number of piperidine rings is 1. The van der Waals surface area contributed by atoms with Gasteiger partial charge in [-0.3, -0.25) is 19.3 Å². The lowest BCUT2D eigenvalue weighted by Crippen LogP contribution is -2.46. The Balaban J connectivity index is 1.75. The molecular weight excluding hydrogens is 306 g/mol. The van der Waals surface area contributed by atoms with Crippen LogP contribution in [0.5, 0.6) is 0 Å². The number of nitrogens with zero attached hydrogens (tertiary/aromatic N) is 2. The van der Waals surface area contributed by atoms with Crippen LogP contribution < -0.4 is 10.2 Å². The standard InChI is InChI=1S/C18H23N3O3/c1-12-4-3-9-20(11-12)16-10-17(23)21(18(16)24)15-7-5-14(6-8-15)19-13(2)22/h5-8,12,16H,3-4,9-11H2,1-2H3,(H,19,22)/t12-,16-/m1/s1. The summed E-state index contributed by atoms with van der Waals surface area (Å²) in [4.78, 5) is 39.7. The number of imide groups is 1. The van der Waals surface area contributed by atoms with Gasteiger partial charge in [0.25, 0.3) is 5.91 Å². The number of carbonyl (C=O) groups is 3. The summed E-state index contributed by atoms with van der Waals surface area (Å²) in [6.07, 6.45) is 2.50. The molecule has 128 valence electrons. The Morgan fingerprint density at radius 3 is 2.54 bits per heavy atom. The second kappa shape index (κ2) is 6.73. The lowest BCUT2D eigenvalue weighted by molar-refractivity contribution is -0.123. The Morgan fingerprint density at radius 1 is 1.21 bits per heavy atom. The number of hydrogen-bond acceptors (Lipinski definition) is 4. The predicted octanol–water partition coefficient (Wildman–Crippen LogP) is 2.01. The van der Waals surface area contributed by atoms with Crippen LogP contribution in [0.15, 0.2) is 24.3 Å². The lowest BCUT2D eigenvalue weighted by atomic mass is 9.98. The number of hydrogen-bond donors (Lipinski definition) is 1. The Hall–Kier alpha value is -2.21. The third-order valence-corrected chi connectivity index (χ3v) is 4.70. The van der Waals surface area contributed by atoms with Crippen LogP contribution in [-0.2, 0) is 14.4 Å². The normalized spacial score (nSPS) is 25.2. The summed E-state index contributed by atoms with van der Waals surface area (Å²) in [5.41, 5.74) is 1.21. The van der Waals surface area contributed by atoms with Crippen LogP contribution in [-0.4, -0.2) is 41.8 Å². The Bertz CT molecular complexity index is 656. The minimum atomic E-state index is -0.338. The van der Waals surface area contributed by atoms with E-state index in [0.717, 1.165) is 19.5 Å². The van der Waals surface area contributed by atoms with Crippen LogP contribution in [0, 0.1) is 5.92 Å². The molecule has 2 aliphatic rings. The highest BCUT2D eigenvalue weighted by molar-refractivity contribution is 6.22. The second-order valence-electron chi connectivity index (χ2n) is 6.76. The number of anilines is 2. The highest BCUT2D eigenvalue weighted by Crippen LogP contribution is 2.29. The van der Waals surface area contributed by atoms with Gasteiger partial charge in [-0.05, 0) is 49.6 Å². The Morgan fingerprint density at radius 2 is 1.92 bits per heavy atom. The first-order chi connectivity index (χ1) is 11.5. The van der Waals surface area contributed by atoms with Gasteiger partial charge in [-0.15, -0.1) is 0 Å². The average molecular weight is 329 g/mol. The van der Waals surface area contributed by atoms with Gasteiger partial charge in [0.1, 0.15) is 0 Å². The summed E-state index contributed by atoms with van der Waals surface area (Å²) in [6, 6.07) is 6.46. The molecule has 2 saturated heterocycles. The maximum atomic E-state index is 12.8. The molecule has 6 heteroatoms. The minimum absolute atomic E-state index is 0.138. The molecule has 3 rings (SSSR count).